The molecule has 19 heavy (non-hydrogen) atoms. The highest BCUT2D eigenvalue weighted by Gasteiger charge is 2.28. The van der Waals surface area contributed by atoms with Gasteiger partial charge in [-0.2, -0.15) is 10.3 Å². The van der Waals surface area contributed by atoms with Crippen LogP contribution in [0.1, 0.15) is 22.0 Å². The van der Waals surface area contributed by atoms with Gasteiger partial charge in [0.25, 0.3) is 0 Å². The molecule has 0 saturated carbocycles. The molecule has 0 bridgehead atoms. The van der Waals surface area contributed by atoms with E-state index in [0.717, 1.165) is 0 Å². The van der Waals surface area contributed by atoms with Crippen molar-refractivity contribution < 1.29 is 18.3 Å². The molecule has 102 valence electrons. The first-order valence-electron chi connectivity index (χ1n) is 4.92. The number of nitrogens with one attached hydrogen (secondary N) is 3. The lowest BCUT2D eigenvalue weighted by molar-refractivity contribution is 0.0686. The maximum absolute atomic E-state index is 12.0. The largest absolute Gasteiger partial charge is 0.476 e. The molecule has 12 heteroatoms. The number of rotatable bonds is 5. The standard InChI is InChI=1S/C7H9N7O4S/c1-3-6(5(7(15)16)12-9-3)19(17,18)8-2-4-10-13-14-11-4/h8H,2H2,1H3,(H,9,12)(H,15,16)(H,10,11,13,14). The van der Waals surface area contributed by atoms with Crippen molar-refractivity contribution in [3.63, 3.8) is 0 Å². The number of carbonyl (C=O) groups is 1. The second-order valence-electron chi connectivity index (χ2n) is 3.48. The Balaban J connectivity index is 2.29. The molecule has 0 atom stereocenters. The van der Waals surface area contributed by atoms with Crippen molar-refractivity contribution in [2.24, 2.45) is 0 Å². The van der Waals surface area contributed by atoms with E-state index in [4.69, 9.17) is 5.11 Å². The number of aromatic nitrogens is 6. The van der Waals surface area contributed by atoms with E-state index in [1.807, 2.05) is 0 Å². The number of aromatic carboxylic acids is 1. The van der Waals surface area contributed by atoms with Crippen molar-refractivity contribution in [3.05, 3.63) is 17.2 Å². The normalized spacial score (nSPS) is 11.6. The van der Waals surface area contributed by atoms with E-state index >= 15 is 0 Å². The monoisotopic (exact) mass is 287 g/mol. The van der Waals surface area contributed by atoms with Crippen LogP contribution in [0.4, 0.5) is 0 Å². The SMILES string of the molecule is Cc1[nH]nc(C(=O)O)c1S(=O)(=O)NCc1nn[nH]n1. The summed E-state index contributed by atoms with van der Waals surface area (Å²) >= 11 is 0. The number of carboxylic acids is 1. The molecule has 0 radical (unpaired) electrons. The average molecular weight is 287 g/mol. The Bertz CT molecular complexity index is 689. The van der Waals surface area contributed by atoms with Gasteiger partial charge in [-0.25, -0.2) is 17.9 Å². The van der Waals surface area contributed by atoms with E-state index in [2.05, 4.69) is 35.5 Å². The fourth-order valence-corrected chi connectivity index (χ4v) is 2.68. The van der Waals surface area contributed by atoms with Gasteiger partial charge in [-0.1, -0.05) is 5.21 Å². The number of aryl methyl sites for hydroxylation is 1. The zero-order chi connectivity index (χ0) is 14.0. The van der Waals surface area contributed by atoms with Gasteiger partial charge in [0.05, 0.1) is 12.2 Å². The Morgan fingerprint density at radius 1 is 1.42 bits per heavy atom. The summed E-state index contributed by atoms with van der Waals surface area (Å²) in [6.45, 7) is 1.19. The third kappa shape index (κ3) is 2.58. The molecule has 0 fully saturated rings. The highest BCUT2D eigenvalue weighted by atomic mass is 32.2. The minimum absolute atomic E-state index is 0.123. The first-order valence-corrected chi connectivity index (χ1v) is 6.40. The Labute approximate surface area is 106 Å². The first-order chi connectivity index (χ1) is 8.92. The predicted octanol–water partition coefficient (Wildman–Crippen LogP) is -1.59. The van der Waals surface area contributed by atoms with Crippen LogP contribution in [-0.2, 0) is 16.6 Å². The maximum atomic E-state index is 12.0. The molecular formula is C7H9N7O4S. The second-order valence-corrected chi connectivity index (χ2v) is 5.19. The summed E-state index contributed by atoms with van der Waals surface area (Å²) in [7, 11) is -4.05. The fraction of sp³-hybridized carbons (Fsp3) is 0.286. The van der Waals surface area contributed by atoms with Gasteiger partial charge in [0.15, 0.2) is 11.5 Å². The minimum Gasteiger partial charge on any atom is -0.476 e. The van der Waals surface area contributed by atoms with Crippen LogP contribution >= 0.6 is 0 Å². The molecule has 2 rings (SSSR count). The number of hydrogen-bond acceptors (Lipinski definition) is 7. The molecule has 2 aromatic rings. The highest BCUT2D eigenvalue weighted by molar-refractivity contribution is 7.89. The summed E-state index contributed by atoms with van der Waals surface area (Å²) in [4.78, 5) is 10.5. The molecule has 0 aromatic carbocycles. The van der Waals surface area contributed by atoms with E-state index < -0.39 is 26.6 Å². The van der Waals surface area contributed by atoms with Gasteiger partial charge in [0.2, 0.25) is 10.0 Å². The number of carboxylic acid groups (broad SMARTS) is 1. The molecule has 0 aliphatic heterocycles. The van der Waals surface area contributed by atoms with Crippen LogP contribution in [0, 0.1) is 6.92 Å². The molecular weight excluding hydrogens is 278 g/mol. The zero-order valence-corrected chi connectivity index (χ0v) is 10.4. The number of nitrogens with zero attached hydrogens (tertiary/aromatic N) is 4. The van der Waals surface area contributed by atoms with E-state index in [9.17, 15) is 13.2 Å². The Kier molecular flexibility index (Phi) is 3.26. The van der Waals surface area contributed by atoms with E-state index in [-0.39, 0.29) is 18.1 Å². The summed E-state index contributed by atoms with van der Waals surface area (Å²) in [6.07, 6.45) is 0. The molecule has 2 heterocycles. The third-order valence-corrected chi connectivity index (χ3v) is 3.73. The first kappa shape index (κ1) is 13.1. The van der Waals surface area contributed by atoms with Crippen molar-refractivity contribution in [1.82, 2.24) is 35.5 Å². The number of sulfonamides is 1. The summed E-state index contributed by atoms with van der Waals surface area (Å²) in [6, 6.07) is 0. The lowest BCUT2D eigenvalue weighted by Crippen LogP contribution is -2.26. The highest BCUT2D eigenvalue weighted by Crippen LogP contribution is 2.17. The Morgan fingerprint density at radius 3 is 2.74 bits per heavy atom. The van der Waals surface area contributed by atoms with Crippen molar-refractivity contribution >= 4 is 16.0 Å². The molecule has 0 unspecified atom stereocenters. The number of hydrogen-bond donors (Lipinski definition) is 4. The number of tetrazole rings is 1. The summed E-state index contributed by atoms with van der Waals surface area (Å²) < 4.78 is 26.2. The summed E-state index contributed by atoms with van der Waals surface area (Å²) in [5, 5.41) is 27.2. The Hall–Kier alpha value is -2.34. The van der Waals surface area contributed by atoms with E-state index in [1.54, 1.807) is 0 Å². The van der Waals surface area contributed by atoms with Crippen LogP contribution < -0.4 is 4.72 Å². The lowest BCUT2D eigenvalue weighted by Gasteiger charge is -2.04. The van der Waals surface area contributed by atoms with Gasteiger partial charge < -0.3 is 5.11 Å². The van der Waals surface area contributed by atoms with Crippen molar-refractivity contribution in [3.8, 4) is 0 Å². The molecule has 0 spiro atoms. The van der Waals surface area contributed by atoms with Crippen LogP contribution in [0.15, 0.2) is 4.90 Å². The van der Waals surface area contributed by atoms with E-state index in [0.29, 0.717) is 0 Å². The average Bonchev–Trinajstić information content (AvgIpc) is 2.95. The molecule has 2 aromatic heterocycles. The summed E-state index contributed by atoms with van der Waals surface area (Å²) in [5.41, 5.74) is -0.448. The van der Waals surface area contributed by atoms with Crippen LogP contribution in [0.2, 0.25) is 0 Å². The third-order valence-electron chi connectivity index (χ3n) is 2.17. The summed E-state index contributed by atoms with van der Waals surface area (Å²) in [5.74, 6) is -1.31. The van der Waals surface area contributed by atoms with Gasteiger partial charge in [0, 0.05) is 0 Å². The van der Waals surface area contributed by atoms with Crippen molar-refractivity contribution in [1.29, 1.82) is 0 Å². The maximum Gasteiger partial charge on any atom is 0.357 e. The van der Waals surface area contributed by atoms with Crippen LogP contribution in [0.5, 0.6) is 0 Å². The van der Waals surface area contributed by atoms with Crippen molar-refractivity contribution in [2.45, 2.75) is 18.4 Å². The number of aromatic amines is 2. The quantitative estimate of drug-likeness (QED) is 0.510. The fourth-order valence-electron chi connectivity index (χ4n) is 1.38. The number of H-pyrrole nitrogens is 2. The smallest absolute Gasteiger partial charge is 0.357 e. The van der Waals surface area contributed by atoms with Gasteiger partial charge in [-0.3, -0.25) is 5.10 Å². The molecule has 0 amide bonds. The zero-order valence-electron chi connectivity index (χ0n) is 9.58. The molecule has 4 N–H and O–H groups in total. The lowest BCUT2D eigenvalue weighted by atomic mass is 10.4. The molecule has 0 saturated heterocycles. The Morgan fingerprint density at radius 2 is 2.16 bits per heavy atom. The van der Waals surface area contributed by atoms with E-state index in [1.165, 1.54) is 6.92 Å². The minimum atomic E-state index is -4.05. The van der Waals surface area contributed by atoms with Crippen LogP contribution in [0.3, 0.4) is 0 Å². The molecule has 0 aliphatic rings. The van der Waals surface area contributed by atoms with Gasteiger partial charge in [-0.15, -0.1) is 10.2 Å². The van der Waals surface area contributed by atoms with Crippen LogP contribution in [0.25, 0.3) is 0 Å². The molecule has 0 aliphatic carbocycles. The topological polar surface area (TPSA) is 167 Å². The predicted molar refractivity (Wildman–Crippen MR) is 58.5 cm³/mol. The van der Waals surface area contributed by atoms with Crippen LogP contribution in [-0.4, -0.2) is 50.3 Å². The van der Waals surface area contributed by atoms with Gasteiger partial charge >= 0.3 is 5.97 Å². The second kappa shape index (κ2) is 4.74. The van der Waals surface area contributed by atoms with Gasteiger partial charge in [0.1, 0.15) is 4.90 Å². The van der Waals surface area contributed by atoms with Crippen molar-refractivity contribution in [2.75, 3.05) is 0 Å². The van der Waals surface area contributed by atoms with Gasteiger partial charge in [-0.05, 0) is 6.92 Å². The molecule has 11 nitrogen and oxygen atoms in total.